The number of rotatable bonds is 4. The first-order valence-electron chi connectivity index (χ1n) is 9.69. The molecule has 5 nitrogen and oxygen atoms in total. The number of para-hydroxylation sites is 2. The zero-order valence-electron chi connectivity index (χ0n) is 16.9. The van der Waals surface area contributed by atoms with E-state index in [-0.39, 0.29) is 12.0 Å². The Labute approximate surface area is 170 Å². The molecule has 0 N–H and O–H groups in total. The van der Waals surface area contributed by atoms with Gasteiger partial charge in [0.2, 0.25) is 0 Å². The third kappa shape index (κ3) is 4.24. The molecule has 0 saturated heterocycles. The number of likely N-dealkylation sites (N-methyl/N-ethyl adjacent to an activating group) is 1. The molecule has 0 unspecified atom stereocenters. The van der Waals surface area contributed by atoms with Gasteiger partial charge in [0.25, 0.3) is 5.91 Å². The topological polar surface area (TPSA) is 51.7 Å². The number of fused-ring (bicyclic) bond motifs is 1. The number of nitrogens with zero attached hydrogens (tertiary/aromatic N) is 2. The molecule has 2 aromatic carbocycles. The fourth-order valence-electron chi connectivity index (χ4n) is 3.56. The molecule has 0 fully saturated rings. The largest absolute Gasteiger partial charge is 0.486 e. The Morgan fingerprint density at radius 2 is 1.86 bits per heavy atom. The van der Waals surface area contributed by atoms with Crippen LogP contribution in [0.1, 0.15) is 21.6 Å². The lowest BCUT2D eigenvalue weighted by atomic mass is 10.0. The van der Waals surface area contributed by atoms with E-state index in [1.807, 2.05) is 74.5 Å². The summed E-state index contributed by atoms with van der Waals surface area (Å²) in [6.45, 7) is 4.88. The first kappa shape index (κ1) is 19.0. The molecule has 0 radical (unpaired) electrons. The maximum Gasteiger partial charge on any atom is 0.253 e. The molecule has 1 aliphatic rings. The Kier molecular flexibility index (Phi) is 5.21. The summed E-state index contributed by atoms with van der Waals surface area (Å²) in [5.74, 6) is 1.40. The number of amides is 1. The van der Waals surface area contributed by atoms with Crippen LogP contribution < -0.4 is 9.47 Å². The first-order valence-corrected chi connectivity index (χ1v) is 9.69. The quantitative estimate of drug-likeness (QED) is 0.670. The van der Waals surface area contributed by atoms with Crippen LogP contribution in [0.3, 0.4) is 0 Å². The molecule has 1 amide bonds. The highest BCUT2D eigenvalue weighted by atomic mass is 16.6. The Hall–Kier alpha value is -3.34. The van der Waals surface area contributed by atoms with Gasteiger partial charge in [-0.15, -0.1) is 0 Å². The third-order valence-corrected chi connectivity index (χ3v) is 4.89. The maximum absolute atomic E-state index is 13.0. The van der Waals surface area contributed by atoms with Crippen molar-refractivity contribution in [3.63, 3.8) is 0 Å². The van der Waals surface area contributed by atoms with Gasteiger partial charge in [0.1, 0.15) is 6.61 Å². The van der Waals surface area contributed by atoms with Crippen LogP contribution >= 0.6 is 0 Å². The molecule has 3 aromatic rings. The molecule has 1 aromatic heterocycles. The van der Waals surface area contributed by atoms with Gasteiger partial charge in [0, 0.05) is 23.9 Å². The van der Waals surface area contributed by atoms with Crippen molar-refractivity contribution in [2.45, 2.75) is 20.0 Å². The summed E-state index contributed by atoms with van der Waals surface area (Å²) < 4.78 is 11.7. The lowest BCUT2D eigenvalue weighted by molar-refractivity contribution is 0.0521. The van der Waals surface area contributed by atoms with Crippen molar-refractivity contribution < 1.29 is 14.3 Å². The minimum atomic E-state index is -0.205. The van der Waals surface area contributed by atoms with Gasteiger partial charge in [-0.3, -0.25) is 9.78 Å². The molecule has 1 aliphatic heterocycles. The van der Waals surface area contributed by atoms with Crippen molar-refractivity contribution in [3.05, 3.63) is 77.5 Å². The fraction of sp³-hybridized carbons (Fsp3) is 0.250. The van der Waals surface area contributed by atoms with Crippen molar-refractivity contribution in [1.29, 1.82) is 0 Å². The van der Waals surface area contributed by atoms with Crippen molar-refractivity contribution in [1.82, 2.24) is 9.88 Å². The van der Waals surface area contributed by atoms with Gasteiger partial charge in [0.15, 0.2) is 17.6 Å². The predicted octanol–water partition coefficient (Wildman–Crippen LogP) is 4.28. The van der Waals surface area contributed by atoms with E-state index in [0.29, 0.717) is 24.5 Å². The van der Waals surface area contributed by atoms with Crippen molar-refractivity contribution in [3.8, 4) is 22.8 Å². The van der Waals surface area contributed by atoms with Crippen LogP contribution in [-0.4, -0.2) is 42.1 Å². The normalized spacial score (nSPS) is 15.1. The summed E-state index contributed by atoms with van der Waals surface area (Å²) in [6, 6.07) is 19.3. The minimum absolute atomic E-state index is 0.0568. The van der Waals surface area contributed by atoms with Crippen LogP contribution in [0, 0.1) is 13.8 Å². The molecule has 0 spiro atoms. The van der Waals surface area contributed by atoms with E-state index < -0.39 is 0 Å². The second-order valence-electron chi connectivity index (χ2n) is 7.44. The molecule has 0 saturated carbocycles. The highest BCUT2D eigenvalue weighted by Crippen LogP contribution is 2.31. The molecular weight excluding hydrogens is 364 g/mol. The number of ether oxygens (including phenoxy) is 2. The lowest BCUT2D eigenvalue weighted by Crippen LogP contribution is -2.41. The van der Waals surface area contributed by atoms with E-state index >= 15 is 0 Å². The number of aryl methyl sites for hydroxylation is 2. The fourth-order valence-corrected chi connectivity index (χ4v) is 3.56. The van der Waals surface area contributed by atoms with Gasteiger partial charge in [-0.25, -0.2) is 0 Å². The van der Waals surface area contributed by atoms with Crippen LogP contribution in [0.2, 0.25) is 0 Å². The summed E-state index contributed by atoms with van der Waals surface area (Å²) in [5.41, 5.74) is 4.55. The van der Waals surface area contributed by atoms with Gasteiger partial charge >= 0.3 is 0 Å². The summed E-state index contributed by atoms with van der Waals surface area (Å²) >= 11 is 0. The van der Waals surface area contributed by atoms with Crippen molar-refractivity contribution >= 4 is 5.91 Å². The molecule has 4 rings (SSSR count). The molecule has 29 heavy (non-hydrogen) atoms. The number of pyridine rings is 1. The highest BCUT2D eigenvalue weighted by molar-refractivity contribution is 5.95. The second-order valence-corrected chi connectivity index (χ2v) is 7.44. The number of carbonyl (C=O) groups excluding carboxylic acids is 1. The van der Waals surface area contributed by atoms with Crippen LogP contribution in [-0.2, 0) is 0 Å². The summed E-state index contributed by atoms with van der Waals surface area (Å²) in [7, 11) is 1.79. The van der Waals surface area contributed by atoms with Gasteiger partial charge in [0.05, 0.1) is 12.2 Å². The van der Waals surface area contributed by atoms with E-state index in [9.17, 15) is 4.79 Å². The number of hydrogen-bond donors (Lipinski definition) is 0. The van der Waals surface area contributed by atoms with Crippen molar-refractivity contribution in [2.75, 3.05) is 20.2 Å². The van der Waals surface area contributed by atoms with E-state index in [1.54, 1.807) is 11.9 Å². The minimum Gasteiger partial charge on any atom is -0.486 e. The smallest absolute Gasteiger partial charge is 0.253 e. The first-order chi connectivity index (χ1) is 14.0. The predicted molar refractivity (Wildman–Crippen MR) is 112 cm³/mol. The van der Waals surface area contributed by atoms with E-state index in [2.05, 4.69) is 4.98 Å². The zero-order chi connectivity index (χ0) is 20.4. The molecule has 5 heteroatoms. The number of benzene rings is 2. The standard InChI is InChI=1S/C24H24N2O3/c1-16-11-17(2)25-21(12-16)18-7-6-8-19(13-18)24(27)26(3)14-20-15-28-22-9-4-5-10-23(22)29-20/h4-13,20H,14-15H2,1-3H3/t20-/m1/s1. The average molecular weight is 388 g/mol. The van der Waals surface area contributed by atoms with Gasteiger partial charge in [-0.05, 0) is 55.8 Å². The average Bonchev–Trinajstić information content (AvgIpc) is 2.72. The Morgan fingerprint density at radius 1 is 1.07 bits per heavy atom. The second kappa shape index (κ2) is 7.95. The molecule has 0 aliphatic carbocycles. The molecule has 2 heterocycles. The monoisotopic (exact) mass is 388 g/mol. The van der Waals surface area contributed by atoms with Crippen LogP contribution in [0.5, 0.6) is 11.5 Å². The van der Waals surface area contributed by atoms with Crippen LogP contribution in [0.15, 0.2) is 60.7 Å². The van der Waals surface area contributed by atoms with Crippen LogP contribution in [0.25, 0.3) is 11.3 Å². The molecule has 1 atom stereocenters. The third-order valence-electron chi connectivity index (χ3n) is 4.89. The SMILES string of the molecule is Cc1cc(C)nc(-c2cccc(C(=O)N(C)C[C@@H]3COc4ccccc4O3)c2)c1. The molecular formula is C24H24N2O3. The molecule has 148 valence electrons. The Balaban J connectivity index is 1.48. The highest BCUT2D eigenvalue weighted by Gasteiger charge is 2.24. The van der Waals surface area contributed by atoms with Crippen LogP contribution in [0.4, 0.5) is 0 Å². The number of carbonyl (C=O) groups is 1. The number of hydrogen-bond acceptors (Lipinski definition) is 4. The van der Waals surface area contributed by atoms with E-state index in [0.717, 1.165) is 28.3 Å². The maximum atomic E-state index is 13.0. The zero-order valence-corrected chi connectivity index (χ0v) is 16.9. The molecule has 0 bridgehead atoms. The van der Waals surface area contributed by atoms with Gasteiger partial charge < -0.3 is 14.4 Å². The van der Waals surface area contributed by atoms with Gasteiger partial charge in [-0.2, -0.15) is 0 Å². The summed E-state index contributed by atoms with van der Waals surface area (Å²) in [6.07, 6.45) is -0.205. The summed E-state index contributed by atoms with van der Waals surface area (Å²) in [4.78, 5) is 19.3. The lowest BCUT2D eigenvalue weighted by Gasteiger charge is -2.29. The number of aromatic nitrogens is 1. The van der Waals surface area contributed by atoms with E-state index in [1.165, 1.54) is 0 Å². The van der Waals surface area contributed by atoms with Gasteiger partial charge in [-0.1, -0.05) is 24.3 Å². The Bertz CT molecular complexity index is 1030. The van der Waals surface area contributed by atoms with E-state index in [4.69, 9.17) is 9.47 Å². The Morgan fingerprint density at radius 3 is 2.66 bits per heavy atom. The van der Waals surface area contributed by atoms with Crippen molar-refractivity contribution in [2.24, 2.45) is 0 Å². The summed E-state index contributed by atoms with van der Waals surface area (Å²) in [5, 5.41) is 0.